The Labute approximate surface area is 139 Å². The fourth-order valence-electron chi connectivity index (χ4n) is 2.33. The number of nitrogens with zero attached hydrogens (tertiary/aromatic N) is 3. The highest BCUT2D eigenvalue weighted by atomic mass is 79.9. The van der Waals surface area contributed by atoms with Gasteiger partial charge in [-0.25, -0.2) is 9.50 Å². The Bertz CT molecular complexity index is 913. The summed E-state index contributed by atoms with van der Waals surface area (Å²) in [5, 5.41) is 3.58. The Hall–Kier alpha value is -2.10. The summed E-state index contributed by atoms with van der Waals surface area (Å²) in [5.41, 5.74) is -2.80. The minimum absolute atomic E-state index is 0.103. The molecule has 3 nitrogen and oxygen atoms in total. The Balaban J connectivity index is 2.35. The molecule has 0 saturated carbocycles. The predicted molar refractivity (Wildman–Crippen MR) is 76.1 cm³/mol. The fraction of sp³-hybridized carbons (Fsp3) is 0.143. The number of pyridine rings is 1. The maximum Gasteiger partial charge on any atom is 0.433 e. The molecule has 0 bridgehead atoms. The molecule has 0 aliphatic carbocycles. The molecule has 0 N–H and O–H groups in total. The molecule has 126 valence electrons. The van der Waals surface area contributed by atoms with Gasteiger partial charge >= 0.3 is 12.4 Å². The van der Waals surface area contributed by atoms with Crippen LogP contribution in [0, 0.1) is 0 Å². The number of rotatable bonds is 1. The van der Waals surface area contributed by atoms with Gasteiger partial charge in [0.1, 0.15) is 5.69 Å². The average Bonchev–Trinajstić information content (AvgIpc) is 2.85. The maximum absolute atomic E-state index is 13.2. The van der Waals surface area contributed by atoms with Gasteiger partial charge in [0, 0.05) is 5.56 Å². The van der Waals surface area contributed by atoms with Crippen LogP contribution in [0.15, 0.2) is 41.1 Å². The lowest BCUT2D eigenvalue weighted by molar-refractivity contribution is -0.142. The molecule has 1 aromatic carbocycles. The standard InChI is InChI=1S/C14H6BrF6N3/c15-12-22-11-8(5-6-10(14(19,20)21)24(11)23-12)7-3-1-2-4-9(7)13(16,17)18/h1-6H. The third-order valence-electron chi connectivity index (χ3n) is 3.27. The molecule has 0 aliphatic heterocycles. The van der Waals surface area contributed by atoms with Crippen LogP contribution < -0.4 is 0 Å². The van der Waals surface area contributed by atoms with Crippen molar-refractivity contribution in [2.24, 2.45) is 0 Å². The quantitative estimate of drug-likeness (QED) is 0.517. The Kier molecular flexibility index (Phi) is 3.82. The Morgan fingerprint density at radius 1 is 0.833 bits per heavy atom. The zero-order valence-electron chi connectivity index (χ0n) is 11.5. The van der Waals surface area contributed by atoms with Crippen molar-refractivity contribution in [3.8, 4) is 11.1 Å². The fourth-order valence-corrected chi connectivity index (χ4v) is 2.65. The highest BCUT2D eigenvalue weighted by Crippen LogP contribution is 2.39. The molecule has 24 heavy (non-hydrogen) atoms. The summed E-state index contributed by atoms with van der Waals surface area (Å²) in [6, 6.07) is 6.24. The molecular weight excluding hydrogens is 404 g/mol. The smallest absolute Gasteiger partial charge is 0.207 e. The first-order valence-corrected chi connectivity index (χ1v) is 7.17. The predicted octanol–water partition coefficient (Wildman–Crippen LogP) is 5.20. The molecular formula is C14H6BrF6N3. The maximum atomic E-state index is 13.2. The van der Waals surface area contributed by atoms with Gasteiger partial charge in [0.15, 0.2) is 5.65 Å². The van der Waals surface area contributed by atoms with Gasteiger partial charge in [-0.15, -0.1) is 5.10 Å². The molecule has 10 heteroatoms. The molecule has 0 radical (unpaired) electrons. The van der Waals surface area contributed by atoms with Crippen LogP contribution in [-0.2, 0) is 12.4 Å². The molecule has 0 spiro atoms. The van der Waals surface area contributed by atoms with Gasteiger partial charge in [-0.05, 0) is 39.7 Å². The molecule has 3 aromatic rings. The van der Waals surface area contributed by atoms with Crippen LogP contribution >= 0.6 is 15.9 Å². The molecule has 2 aromatic heterocycles. The molecule has 0 unspecified atom stereocenters. The first-order valence-electron chi connectivity index (χ1n) is 6.38. The SMILES string of the molecule is FC(F)(F)c1ccccc1-c1ccc(C(F)(F)F)n2nc(Br)nc12. The minimum atomic E-state index is -4.73. The van der Waals surface area contributed by atoms with Crippen molar-refractivity contribution in [1.29, 1.82) is 0 Å². The van der Waals surface area contributed by atoms with Gasteiger partial charge in [-0.3, -0.25) is 0 Å². The lowest BCUT2D eigenvalue weighted by Gasteiger charge is -2.15. The summed E-state index contributed by atoms with van der Waals surface area (Å²) in [7, 11) is 0. The Morgan fingerprint density at radius 2 is 1.50 bits per heavy atom. The van der Waals surface area contributed by atoms with Crippen LogP contribution in [-0.4, -0.2) is 14.6 Å². The third kappa shape index (κ3) is 2.85. The van der Waals surface area contributed by atoms with Gasteiger partial charge in [0.05, 0.1) is 5.56 Å². The second-order valence-corrected chi connectivity index (χ2v) is 5.50. The highest BCUT2D eigenvalue weighted by molar-refractivity contribution is 9.10. The molecule has 3 rings (SSSR count). The molecule has 0 aliphatic rings. The topological polar surface area (TPSA) is 30.2 Å². The molecule has 0 amide bonds. The van der Waals surface area contributed by atoms with Crippen molar-refractivity contribution in [1.82, 2.24) is 14.6 Å². The largest absolute Gasteiger partial charge is 0.433 e. The lowest BCUT2D eigenvalue weighted by atomic mass is 10.00. The van der Waals surface area contributed by atoms with Crippen LogP contribution in [0.4, 0.5) is 26.3 Å². The summed E-state index contributed by atoms with van der Waals surface area (Å²) in [4.78, 5) is 3.79. The first-order chi connectivity index (χ1) is 11.1. The normalized spacial score (nSPS) is 12.8. The lowest BCUT2D eigenvalue weighted by Crippen LogP contribution is -2.13. The van der Waals surface area contributed by atoms with Crippen molar-refractivity contribution in [2.45, 2.75) is 12.4 Å². The van der Waals surface area contributed by atoms with Crippen molar-refractivity contribution < 1.29 is 26.3 Å². The summed E-state index contributed by atoms with van der Waals surface area (Å²) in [6.07, 6.45) is -9.39. The van der Waals surface area contributed by atoms with Crippen molar-refractivity contribution >= 4 is 21.6 Å². The zero-order chi connectivity index (χ0) is 17.7. The Morgan fingerprint density at radius 3 is 2.12 bits per heavy atom. The second kappa shape index (κ2) is 5.47. The number of halogens is 7. The molecule has 0 fully saturated rings. The van der Waals surface area contributed by atoms with E-state index in [1.165, 1.54) is 18.2 Å². The van der Waals surface area contributed by atoms with Crippen LogP contribution in [0.2, 0.25) is 0 Å². The molecule has 0 atom stereocenters. The van der Waals surface area contributed by atoms with Crippen molar-refractivity contribution in [3.63, 3.8) is 0 Å². The van der Waals surface area contributed by atoms with E-state index in [-0.39, 0.29) is 21.5 Å². The minimum Gasteiger partial charge on any atom is -0.207 e. The van der Waals surface area contributed by atoms with Crippen molar-refractivity contribution in [2.75, 3.05) is 0 Å². The molecule has 0 saturated heterocycles. The van der Waals surface area contributed by atoms with E-state index < -0.39 is 23.6 Å². The van der Waals surface area contributed by atoms with Crippen molar-refractivity contribution in [3.05, 3.63) is 52.4 Å². The monoisotopic (exact) mass is 409 g/mol. The first kappa shape index (κ1) is 16.7. The number of benzene rings is 1. The number of alkyl halides is 6. The van der Waals surface area contributed by atoms with Crippen LogP contribution in [0.5, 0.6) is 0 Å². The van der Waals surface area contributed by atoms with Crippen LogP contribution in [0.25, 0.3) is 16.8 Å². The van der Waals surface area contributed by atoms with E-state index in [2.05, 4.69) is 26.0 Å². The zero-order valence-corrected chi connectivity index (χ0v) is 13.0. The van der Waals surface area contributed by atoms with E-state index in [4.69, 9.17) is 0 Å². The van der Waals surface area contributed by atoms with Gasteiger partial charge in [-0.1, -0.05) is 18.2 Å². The molecule has 2 heterocycles. The van der Waals surface area contributed by atoms with Gasteiger partial charge < -0.3 is 0 Å². The number of hydrogen-bond donors (Lipinski definition) is 0. The summed E-state index contributed by atoms with van der Waals surface area (Å²) < 4.78 is 79.0. The van der Waals surface area contributed by atoms with E-state index in [1.54, 1.807) is 0 Å². The highest BCUT2D eigenvalue weighted by Gasteiger charge is 2.37. The van der Waals surface area contributed by atoms with Crippen LogP contribution in [0.1, 0.15) is 11.3 Å². The van der Waals surface area contributed by atoms with Gasteiger partial charge in [-0.2, -0.15) is 26.3 Å². The van der Waals surface area contributed by atoms with E-state index in [0.717, 1.165) is 12.1 Å². The summed E-state index contributed by atoms with van der Waals surface area (Å²) in [6.45, 7) is 0. The van der Waals surface area contributed by atoms with E-state index in [1.807, 2.05) is 0 Å². The van der Waals surface area contributed by atoms with Gasteiger partial charge in [0.25, 0.3) is 0 Å². The summed E-state index contributed by atoms with van der Waals surface area (Å²) in [5.74, 6) is 0. The summed E-state index contributed by atoms with van der Waals surface area (Å²) >= 11 is 2.86. The third-order valence-corrected chi connectivity index (χ3v) is 3.61. The van der Waals surface area contributed by atoms with E-state index in [9.17, 15) is 26.3 Å². The number of hydrogen-bond acceptors (Lipinski definition) is 2. The van der Waals surface area contributed by atoms with E-state index in [0.29, 0.717) is 10.6 Å². The number of aromatic nitrogens is 3. The van der Waals surface area contributed by atoms with E-state index >= 15 is 0 Å². The average molecular weight is 410 g/mol. The number of fused-ring (bicyclic) bond motifs is 1. The van der Waals surface area contributed by atoms with Crippen LogP contribution in [0.3, 0.4) is 0 Å². The van der Waals surface area contributed by atoms with Gasteiger partial charge in [0.2, 0.25) is 4.73 Å². The second-order valence-electron chi connectivity index (χ2n) is 4.79.